The number of nitrogens with one attached hydrogen (secondary N) is 1. The van der Waals surface area contributed by atoms with E-state index in [2.05, 4.69) is 69.5 Å². The molecule has 5 rings (SSSR count). The van der Waals surface area contributed by atoms with Crippen molar-refractivity contribution in [3.63, 3.8) is 0 Å². The van der Waals surface area contributed by atoms with Gasteiger partial charge in [0.25, 0.3) is 0 Å². The number of fused-ring (bicyclic) bond motifs is 2. The molecule has 0 fully saturated rings. The topological polar surface area (TPSA) is 77.8 Å². The highest BCUT2D eigenvalue weighted by Crippen LogP contribution is 2.34. The van der Waals surface area contributed by atoms with Gasteiger partial charge in [0.05, 0.1) is 31.6 Å². The number of aromatic amines is 1. The van der Waals surface area contributed by atoms with Crippen molar-refractivity contribution in [2.24, 2.45) is 0 Å². The summed E-state index contributed by atoms with van der Waals surface area (Å²) in [7, 11) is 3.19. The number of pyridine rings is 2. The fourth-order valence-electron chi connectivity index (χ4n) is 3.97. The summed E-state index contributed by atoms with van der Waals surface area (Å²) >= 11 is 0. The molecule has 162 valence electrons. The van der Waals surface area contributed by atoms with Crippen molar-refractivity contribution in [1.82, 2.24) is 24.5 Å². The third kappa shape index (κ3) is 3.36. The Labute approximate surface area is 186 Å². The molecule has 0 saturated carbocycles. The Kier molecular flexibility index (Phi) is 4.62. The summed E-state index contributed by atoms with van der Waals surface area (Å²) in [6, 6.07) is 12.3. The van der Waals surface area contributed by atoms with Gasteiger partial charge in [0.2, 0.25) is 11.8 Å². The van der Waals surface area contributed by atoms with Gasteiger partial charge in [0.15, 0.2) is 0 Å². The molecule has 0 bridgehead atoms. The average Bonchev–Trinajstić information content (AvgIpc) is 3.41. The number of hydrogen-bond donors (Lipinski definition) is 1. The fourth-order valence-corrected chi connectivity index (χ4v) is 3.97. The third-order valence-corrected chi connectivity index (χ3v) is 5.64. The molecule has 1 aromatic carbocycles. The smallest absolute Gasteiger partial charge is 0.216 e. The van der Waals surface area contributed by atoms with Gasteiger partial charge in [-0.3, -0.25) is 0 Å². The zero-order valence-corrected chi connectivity index (χ0v) is 18.8. The third-order valence-electron chi connectivity index (χ3n) is 5.64. The van der Waals surface area contributed by atoms with Crippen LogP contribution >= 0.6 is 0 Å². The maximum atomic E-state index is 5.33. The summed E-state index contributed by atoms with van der Waals surface area (Å²) in [4.78, 5) is 16.8. The van der Waals surface area contributed by atoms with Crippen molar-refractivity contribution in [2.75, 3.05) is 14.2 Å². The van der Waals surface area contributed by atoms with E-state index in [9.17, 15) is 0 Å². The first-order valence-corrected chi connectivity index (χ1v) is 10.4. The maximum Gasteiger partial charge on any atom is 0.216 e. The summed E-state index contributed by atoms with van der Waals surface area (Å²) in [6.45, 7) is 6.54. The predicted octanol–water partition coefficient (Wildman–Crippen LogP) is 5.41. The van der Waals surface area contributed by atoms with E-state index in [1.165, 1.54) is 0 Å². The van der Waals surface area contributed by atoms with Crippen LogP contribution in [-0.4, -0.2) is 38.7 Å². The highest BCUT2D eigenvalue weighted by Gasteiger charge is 2.17. The molecule has 0 amide bonds. The number of ether oxygens (including phenoxy) is 2. The molecule has 0 aliphatic rings. The molecule has 4 heterocycles. The molecule has 0 saturated heterocycles. The van der Waals surface area contributed by atoms with E-state index in [1.54, 1.807) is 14.2 Å². The van der Waals surface area contributed by atoms with Crippen LogP contribution in [0.15, 0.2) is 55.1 Å². The Hall–Kier alpha value is -3.87. The lowest BCUT2D eigenvalue weighted by molar-refractivity contribution is 0.365. The molecule has 0 spiro atoms. The summed E-state index contributed by atoms with van der Waals surface area (Å²) in [5, 5.41) is 1.04. The van der Waals surface area contributed by atoms with E-state index in [0.717, 1.165) is 44.3 Å². The van der Waals surface area contributed by atoms with E-state index >= 15 is 0 Å². The van der Waals surface area contributed by atoms with Gasteiger partial charge in [-0.2, -0.15) is 4.98 Å². The second-order valence-electron chi connectivity index (χ2n) is 8.75. The molecular formula is C25H25N5O2. The number of aromatic nitrogens is 5. The summed E-state index contributed by atoms with van der Waals surface area (Å²) in [5.74, 6) is 0.990. The van der Waals surface area contributed by atoms with E-state index in [0.29, 0.717) is 11.8 Å². The minimum Gasteiger partial charge on any atom is -0.481 e. The van der Waals surface area contributed by atoms with Gasteiger partial charge in [-0.15, -0.1) is 0 Å². The van der Waals surface area contributed by atoms with Gasteiger partial charge in [0, 0.05) is 46.6 Å². The number of nitrogens with zero attached hydrogens (tertiary/aromatic N) is 4. The van der Waals surface area contributed by atoms with Crippen LogP contribution in [-0.2, 0) is 5.54 Å². The number of rotatable bonds is 4. The van der Waals surface area contributed by atoms with Crippen LogP contribution in [0.1, 0.15) is 20.8 Å². The molecule has 5 aromatic rings. The van der Waals surface area contributed by atoms with E-state index in [1.807, 2.05) is 30.9 Å². The second-order valence-corrected chi connectivity index (χ2v) is 8.75. The van der Waals surface area contributed by atoms with Crippen LogP contribution in [0.25, 0.3) is 44.3 Å². The standard InChI is InChI=1S/C25H25N5O2/c1-25(2,3)30-14-28-20-7-6-15(9-21(20)30)19-13-27-24-18(19)8-17(12-26-24)16-10-22(31-4)29-23(11-16)32-5/h6-14H,1-5H3,(H,26,27). The van der Waals surface area contributed by atoms with Gasteiger partial charge < -0.3 is 19.0 Å². The number of methoxy groups -OCH3 is 2. The molecule has 0 aliphatic carbocycles. The first kappa shape index (κ1) is 20.1. The molecule has 4 aromatic heterocycles. The van der Waals surface area contributed by atoms with Crippen molar-refractivity contribution >= 4 is 22.1 Å². The van der Waals surface area contributed by atoms with E-state index in [-0.39, 0.29) is 5.54 Å². The quantitative estimate of drug-likeness (QED) is 0.415. The van der Waals surface area contributed by atoms with Crippen molar-refractivity contribution < 1.29 is 9.47 Å². The summed E-state index contributed by atoms with van der Waals surface area (Å²) in [6.07, 6.45) is 5.76. The van der Waals surface area contributed by atoms with Gasteiger partial charge in [-0.1, -0.05) is 6.07 Å². The van der Waals surface area contributed by atoms with Crippen molar-refractivity contribution in [1.29, 1.82) is 0 Å². The van der Waals surface area contributed by atoms with E-state index < -0.39 is 0 Å². The van der Waals surface area contributed by atoms with Gasteiger partial charge in [-0.25, -0.2) is 9.97 Å². The molecule has 0 atom stereocenters. The molecule has 32 heavy (non-hydrogen) atoms. The Morgan fingerprint density at radius 2 is 1.62 bits per heavy atom. The molecule has 1 N–H and O–H groups in total. The molecule has 0 radical (unpaired) electrons. The normalized spacial score (nSPS) is 11.9. The van der Waals surface area contributed by atoms with Crippen LogP contribution in [0.3, 0.4) is 0 Å². The number of hydrogen-bond acceptors (Lipinski definition) is 5. The molecular weight excluding hydrogens is 402 g/mol. The minimum absolute atomic E-state index is 0.0538. The Bertz CT molecular complexity index is 1420. The van der Waals surface area contributed by atoms with E-state index in [4.69, 9.17) is 9.47 Å². The first-order chi connectivity index (χ1) is 15.4. The number of imidazole rings is 1. The molecule has 0 unspecified atom stereocenters. The highest BCUT2D eigenvalue weighted by atomic mass is 16.5. The largest absolute Gasteiger partial charge is 0.481 e. The zero-order chi connectivity index (χ0) is 22.5. The zero-order valence-electron chi connectivity index (χ0n) is 18.8. The number of benzene rings is 1. The van der Waals surface area contributed by atoms with Crippen molar-refractivity contribution in [3.05, 3.63) is 55.1 Å². The van der Waals surface area contributed by atoms with Gasteiger partial charge in [-0.05, 0) is 50.1 Å². The van der Waals surface area contributed by atoms with Crippen LogP contribution in [0.5, 0.6) is 11.8 Å². The Morgan fingerprint density at radius 1 is 0.875 bits per heavy atom. The highest BCUT2D eigenvalue weighted by molar-refractivity contribution is 5.97. The average molecular weight is 428 g/mol. The van der Waals surface area contributed by atoms with Crippen LogP contribution in [0, 0.1) is 0 Å². The SMILES string of the molecule is COc1cc(-c2cnc3[nH]cc(-c4ccc5ncn(C(C)(C)C)c5c4)c3c2)cc(OC)n1. The monoisotopic (exact) mass is 427 g/mol. The lowest BCUT2D eigenvalue weighted by Gasteiger charge is -2.21. The summed E-state index contributed by atoms with van der Waals surface area (Å²) in [5.41, 5.74) is 6.96. The number of H-pyrrole nitrogens is 1. The molecule has 7 nitrogen and oxygen atoms in total. The fraction of sp³-hybridized carbons (Fsp3) is 0.240. The van der Waals surface area contributed by atoms with Gasteiger partial charge >= 0.3 is 0 Å². The van der Waals surface area contributed by atoms with Crippen LogP contribution in [0.4, 0.5) is 0 Å². The van der Waals surface area contributed by atoms with Gasteiger partial charge in [0.1, 0.15) is 5.65 Å². The summed E-state index contributed by atoms with van der Waals surface area (Å²) < 4.78 is 12.9. The lowest BCUT2D eigenvalue weighted by atomic mass is 10.0. The second kappa shape index (κ2) is 7.37. The Morgan fingerprint density at radius 3 is 2.31 bits per heavy atom. The maximum absolute atomic E-state index is 5.33. The minimum atomic E-state index is -0.0538. The molecule has 7 heteroatoms. The Balaban J connectivity index is 1.65. The van der Waals surface area contributed by atoms with Crippen LogP contribution in [0.2, 0.25) is 0 Å². The first-order valence-electron chi connectivity index (χ1n) is 10.4. The van der Waals surface area contributed by atoms with Crippen molar-refractivity contribution in [3.8, 4) is 34.0 Å². The predicted molar refractivity (Wildman–Crippen MR) is 126 cm³/mol. The lowest BCUT2D eigenvalue weighted by Crippen LogP contribution is -2.20. The van der Waals surface area contributed by atoms with Crippen molar-refractivity contribution in [2.45, 2.75) is 26.3 Å². The molecule has 0 aliphatic heterocycles. The van der Waals surface area contributed by atoms with Crippen LogP contribution < -0.4 is 9.47 Å².